The summed E-state index contributed by atoms with van der Waals surface area (Å²) in [5.74, 6) is -0.390. The summed E-state index contributed by atoms with van der Waals surface area (Å²) in [6, 6.07) is 6.01. The highest BCUT2D eigenvalue weighted by atomic mass is 32.2. The van der Waals surface area contributed by atoms with Gasteiger partial charge in [-0.2, -0.15) is 30.6 Å². The van der Waals surface area contributed by atoms with Crippen molar-refractivity contribution >= 4 is 16.2 Å². The number of alkyl halides is 3. The van der Waals surface area contributed by atoms with Crippen LogP contribution in [0.2, 0.25) is 0 Å². The molecule has 2 fully saturated rings. The molecular weight excluding hydrogens is 421 g/mol. The zero-order chi connectivity index (χ0) is 21.7. The van der Waals surface area contributed by atoms with Crippen molar-refractivity contribution in [2.75, 3.05) is 20.2 Å². The molecule has 166 valence electrons. The zero-order valence-corrected chi connectivity index (χ0v) is 17.5. The van der Waals surface area contributed by atoms with Crippen LogP contribution in [0.3, 0.4) is 0 Å². The van der Waals surface area contributed by atoms with Crippen molar-refractivity contribution < 1.29 is 31.1 Å². The lowest BCUT2D eigenvalue weighted by Crippen LogP contribution is -2.52. The van der Waals surface area contributed by atoms with Crippen LogP contribution in [0.5, 0.6) is 0 Å². The van der Waals surface area contributed by atoms with Gasteiger partial charge in [-0.15, -0.1) is 0 Å². The molecule has 0 amide bonds. The number of ether oxygens (including phenoxy) is 1. The third-order valence-electron chi connectivity index (χ3n) is 6.82. The molecule has 1 heterocycles. The zero-order valence-electron chi connectivity index (χ0n) is 16.7. The SMILES string of the molecule is COC(=O)CCc1ccc2c(c1)C[C@H]1CC[C@@H](C2)[C@]12CN(CC(F)(F)F)S(=O)(=O)N2. The number of nitrogens with zero attached hydrogens (tertiary/aromatic N) is 1. The third-order valence-corrected chi connectivity index (χ3v) is 8.40. The van der Waals surface area contributed by atoms with Gasteiger partial charge in [-0.25, -0.2) is 0 Å². The highest BCUT2D eigenvalue weighted by molar-refractivity contribution is 7.87. The number of benzene rings is 1. The average molecular weight is 446 g/mol. The molecule has 3 atom stereocenters. The van der Waals surface area contributed by atoms with Crippen molar-refractivity contribution in [3.8, 4) is 0 Å². The van der Waals surface area contributed by atoms with Crippen molar-refractivity contribution in [1.29, 1.82) is 0 Å². The number of methoxy groups -OCH3 is 1. The van der Waals surface area contributed by atoms with Gasteiger partial charge in [-0.1, -0.05) is 18.2 Å². The molecule has 2 aliphatic carbocycles. The average Bonchev–Trinajstić information content (AvgIpc) is 3.03. The predicted molar refractivity (Wildman–Crippen MR) is 103 cm³/mol. The quantitative estimate of drug-likeness (QED) is 0.721. The summed E-state index contributed by atoms with van der Waals surface area (Å²) < 4.78 is 71.8. The highest BCUT2D eigenvalue weighted by Gasteiger charge is 2.60. The molecule has 3 aliphatic rings. The second kappa shape index (κ2) is 7.49. The Kier molecular flexibility index (Phi) is 5.39. The number of hydrogen-bond donors (Lipinski definition) is 1. The van der Waals surface area contributed by atoms with Crippen molar-refractivity contribution in [2.24, 2.45) is 11.8 Å². The molecule has 2 bridgehead atoms. The van der Waals surface area contributed by atoms with Gasteiger partial charge in [0.2, 0.25) is 0 Å². The number of rotatable bonds is 4. The lowest BCUT2D eigenvalue weighted by Gasteiger charge is -2.33. The smallest absolute Gasteiger partial charge is 0.402 e. The van der Waals surface area contributed by atoms with E-state index in [1.54, 1.807) is 0 Å². The summed E-state index contributed by atoms with van der Waals surface area (Å²) in [4.78, 5) is 11.4. The van der Waals surface area contributed by atoms with Crippen LogP contribution < -0.4 is 4.72 Å². The maximum Gasteiger partial charge on any atom is 0.402 e. The Morgan fingerprint density at radius 3 is 2.53 bits per heavy atom. The highest BCUT2D eigenvalue weighted by Crippen LogP contribution is 2.50. The van der Waals surface area contributed by atoms with Crippen molar-refractivity contribution in [3.05, 3.63) is 34.9 Å². The van der Waals surface area contributed by atoms with E-state index in [4.69, 9.17) is 0 Å². The van der Waals surface area contributed by atoms with Crippen LogP contribution in [0, 0.1) is 11.8 Å². The molecule has 1 aliphatic heterocycles. The molecule has 10 heteroatoms. The summed E-state index contributed by atoms with van der Waals surface area (Å²) in [6.07, 6.45) is -0.953. The Balaban J connectivity index is 1.59. The first-order chi connectivity index (χ1) is 14.0. The normalized spacial score (nSPS) is 30.3. The van der Waals surface area contributed by atoms with Crippen molar-refractivity contribution in [3.63, 3.8) is 0 Å². The Morgan fingerprint density at radius 1 is 1.23 bits per heavy atom. The van der Waals surface area contributed by atoms with E-state index in [1.165, 1.54) is 7.11 Å². The van der Waals surface area contributed by atoms with Crippen LogP contribution in [0.15, 0.2) is 18.2 Å². The fraction of sp³-hybridized carbons (Fsp3) is 0.650. The number of hydrogen-bond acceptors (Lipinski definition) is 4. The largest absolute Gasteiger partial charge is 0.469 e. The number of fused-ring (bicyclic) bond motifs is 1. The minimum Gasteiger partial charge on any atom is -0.469 e. The molecule has 30 heavy (non-hydrogen) atoms. The molecule has 1 saturated heterocycles. The standard InChI is InChI=1S/C20H25F3N2O4S/c1-29-18(26)7-3-13-2-4-14-9-16-5-6-17(10-15(14)8-13)19(16)11-25(12-20(21,22)23)30(27,28)24-19/h2,4,8,16-17,24H,3,5-7,9-12H2,1H3/t16-,17+,19+/m0/s1. The summed E-state index contributed by atoms with van der Waals surface area (Å²) in [6.45, 7) is -1.61. The lowest BCUT2D eigenvalue weighted by molar-refractivity contribution is -0.140. The fourth-order valence-corrected chi connectivity index (χ4v) is 7.11. The number of esters is 1. The molecule has 0 radical (unpaired) electrons. The van der Waals surface area contributed by atoms with E-state index in [0.717, 1.165) is 29.5 Å². The molecule has 1 aromatic carbocycles. The molecule has 1 spiro atoms. The second-order valence-corrected chi connectivity index (χ2v) is 10.3. The predicted octanol–water partition coefficient (Wildman–Crippen LogP) is 2.37. The van der Waals surface area contributed by atoms with Gasteiger partial charge < -0.3 is 4.74 Å². The van der Waals surface area contributed by atoms with Crippen LogP contribution in [0.1, 0.15) is 36.0 Å². The second-order valence-electron chi connectivity index (χ2n) is 8.59. The van der Waals surface area contributed by atoms with E-state index in [9.17, 15) is 26.4 Å². The van der Waals surface area contributed by atoms with Crippen LogP contribution >= 0.6 is 0 Å². The van der Waals surface area contributed by atoms with E-state index in [2.05, 4.69) is 9.46 Å². The minimum absolute atomic E-state index is 0.0438. The molecule has 1 N–H and O–H groups in total. The molecule has 4 rings (SSSR count). The van der Waals surface area contributed by atoms with E-state index in [-0.39, 0.29) is 30.8 Å². The van der Waals surface area contributed by atoms with Gasteiger partial charge in [0.25, 0.3) is 10.2 Å². The van der Waals surface area contributed by atoms with Crippen molar-refractivity contribution in [1.82, 2.24) is 9.03 Å². The Morgan fingerprint density at radius 2 is 1.90 bits per heavy atom. The maximum atomic E-state index is 12.9. The van der Waals surface area contributed by atoms with Crippen LogP contribution in [0.25, 0.3) is 0 Å². The first kappa shape index (κ1) is 21.6. The number of halogens is 3. The van der Waals surface area contributed by atoms with E-state index >= 15 is 0 Å². The molecule has 0 unspecified atom stereocenters. The summed E-state index contributed by atoms with van der Waals surface area (Å²) in [5.41, 5.74) is 2.33. The van der Waals surface area contributed by atoms with Gasteiger partial charge in [-0.3, -0.25) is 4.79 Å². The summed E-state index contributed by atoms with van der Waals surface area (Å²) >= 11 is 0. The monoisotopic (exact) mass is 446 g/mol. The first-order valence-electron chi connectivity index (χ1n) is 10.1. The van der Waals surface area contributed by atoms with Crippen LogP contribution in [-0.2, 0) is 39.0 Å². The molecule has 0 aromatic heterocycles. The van der Waals surface area contributed by atoms with E-state index in [1.807, 2.05) is 18.2 Å². The van der Waals surface area contributed by atoms with Gasteiger partial charge in [0.05, 0.1) is 12.6 Å². The van der Waals surface area contributed by atoms with Gasteiger partial charge >= 0.3 is 12.1 Å². The molecular formula is C20H25F3N2O4S. The summed E-state index contributed by atoms with van der Waals surface area (Å²) in [7, 11) is -2.83. The maximum absolute atomic E-state index is 12.9. The van der Waals surface area contributed by atoms with Gasteiger partial charge in [0.15, 0.2) is 0 Å². The van der Waals surface area contributed by atoms with Gasteiger partial charge in [0, 0.05) is 13.0 Å². The molecule has 1 saturated carbocycles. The van der Waals surface area contributed by atoms with E-state index in [0.29, 0.717) is 23.6 Å². The molecule has 1 aromatic rings. The minimum atomic E-state index is -4.58. The first-order valence-corrected chi connectivity index (χ1v) is 11.5. The van der Waals surface area contributed by atoms with Crippen LogP contribution in [0.4, 0.5) is 13.2 Å². The number of nitrogens with one attached hydrogen (secondary N) is 1. The fourth-order valence-electron chi connectivity index (χ4n) is 5.40. The van der Waals surface area contributed by atoms with Crippen LogP contribution in [-0.4, -0.2) is 50.6 Å². The third kappa shape index (κ3) is 3.97. The van der Waals surface area contributed by atoms with E-state index < -0.39 is 28.5 Å². The Bertz CT molecular complexity index is 950. The molecule has 6 nitrogen and oxygen atoms in total. The number of carbonyl (C=O) groups excluding carboxylic acids is 1. The summed E-state index contributed by atoms with van der Waals surface area (Å²) in [5, 5.41) is 0. The topological polar surface area (TPSA) is 75.7 Å². The van der Waals surface area contributed by atoms with Gasteiger partial charge in [0.1, 0.15) is 6.54 Å². The number of aryl methyl sites for hydroxylation is 1. The number of carbonyl (C=O) groups is 1. The Hall–Kier alpha value is -1.65. The van der Waals surface area contributed by atoms with Gasteiger partial charge in [-0.05, 0) is 60.6 Å². The lowest BCUT2D eigenvalue weighted by atomic mass is 9.79. The Labute approximate surface area is 174 Å². The van der Waals surface area contributed by atoms with Crippen molar-refractivity contribution in [2.45, 2.75) is 50.2 Å².